The first-order valence-corrected chi connectivity index (χ1v) is 5.58. The van der Waals surface area contributed by atoms with E-state index in [1.807, 2.05) is 0 Å². The Bertz CT molecular complexity index is 696. The van der Waals surface area contributed by atoms with Crippen LogP contribution in [-0.4, -0.2) is 25.8 Å². The van der Waals surface area contributed by atoms with E-state index in [2.05, 4.69) is 5.10 Å². The number of aromatic nitrogens is 2. The summed E-state index contributed by atoms with van der Waals surface area (Å²) in [5.74, 6) is -2.07. The van der Waals surface area contributed by atoms with Gasteiger partial charge in [-0.3, -0.25) is 0 Å². The maximum absolute atomic E-state index is 13.6. The van der Waals surface area contributed by atoms with Gasteiger partial charge in [0.2, 0.25) is 0 Å². The molecule has 7 nitrogen and oxygen atoms in total. The molecule has 20 heavy (non-hydrogen) atoms. The Kier molecular flexibility index (Phi) is 3.47. The summed E-state index contributed by atoms with van der Waals surface area (Å²) in [6.45, 7) is 1.44. The molecule has 0 bridgehead atoms. The first kappa shape index (κ1) is 13.7. The van der Waals surface area contributed by atoms with Crippen LogP contribution < -0.4 is 0 Å². The van der Waals surface area contributed by atoms with Crippen LogP contribution in [-0.2, 0) is 6.54 Å². The molecule has 1 aromatic heterocycles. The zero-order valence-corrected chi connectivity index (χ0v) is 10.4. The van der Waals surface area contributed by atoms with Crippen molar-refractivity contribution in [2.45, 2.75) is 13.5 Å². The van der Waals surface area contributed by atoms with Gasteiger partial charge in [0, 0.05) is 5.56 Å². The van der Waals surface area contributed by atoms with Gasteiger partial charge in [0.05, 0.1) is 29.0 Å². The van der Waals surface area contributed by atoms with Crippen LogP contribution >= 0.6 is 0 Å². The normalized spacial score (nSPS) is 10.5. The van der Waals surface area contributed by atoms with Gasteiger partial charge in [-0.25, -0.2) is 9.18 Å². The molecular formula is C12H10FN3O4. The number of aryl methyl sites for hydroxylation is 1. The number of hydrogen-bond acceptors (Lipinski definition) is 4. The van der Waals surface area contributed by atoms with Crippen molar-refractivity contribution in [3.05, 3.63) is 57.0 Å². The zero-order valence-electron chi connectivity index (χ0n) is 10.4. The van der Waals surface area contributed by atoms with Crippen molar-refractivity contribution in [1.29, 1.82) is 0 Å². The summed E-state index contributed by atoms with van der Waals surface area (Å²) in [7, 11) is 0. The van der Waals surface area contributed by atoms with Gasteiger partial charge in [-0.15, -0.1) is 0 Å². The van der Waals surface area contributed by atoms with Gasteiger partial charge in [0.15, 0.2) is 0 Å². The first-order valence-electron chi connectivity index (χ1n) is 5.58. The van der Waals surface area contributed by atoms with Crippen LogP contribution in [0.25, 0.3) is 0 Å². The summed E-state index contributed by atoms with van der Waals surface area (Å²) in [6, 6.07) is 3.38. The molecule has 0 saturated heterocycles. The lowest BCUT2D eigenvalue weighted by Gasteiger charge is -2.02. The van der Waals surface area contributed by atoms with Gasteiger partial charge in [-0.05, 0) is 30.0 Å². The fraction of sp³-hybridized carbons (Fsp3) is 0.167. The maximum Gasteiger partial charge on any atom is 0.392 e. The second-order valence-electron chi connectivity index (χ2n) is 4.20. The number of nitro groups is 1. The van der Waals surface area contributed by atoms with E-state index in [1.165, 1.54) is 23.9 Å². The molecule has 0 aliphatic heterocycles. The molecule has 0 atom stereocenters. The third-order valence-electron chi connectivity index (χ3n) is 2.72. The number of benzene rings is 1. The van der Waals surface area contributed by atoms with E-state index < -0.39 is 16.7 Å². The van der Waals surface area contributed by atoms with Crippen LogP contribution in [0.5, 0.6) is 0 Å². The quantitative estimate of drug-likeness (QED) is 0.681. The fourth-order valence-corrected chi connectivity index (χ4v) is 1.78. The molecule has 0 unspecified atom stereocenters. The van der Waals surface area contributed by atoms with Gasteiger partial charge in [0.25, 0.3) is 0 Å². The van der Waals surface area contributed by atoms with E-state index in [0.29, 0.717) is 5.56 Å². The molecule has 0 aliphatic carbocycles. The molecule has 2 rings (SSSR count). The lowest BCUT2D eigenvalue weighted by Crippen LogP contribution is -2.06. The van der Waals surface area contributed by atoms with Crippen LogP contribution in [0.4, 0.5) is 10.2 Å². The van der Waals surface area contributed by atoms with Crippen LogP contribution in [0.3, 0.4) is 0 Å². The summed E-state index contributed by atoms with van der Waals surface area (Å²) >= 11 is 0. The Labute approximate surface area is 112 Å². The Morgan fingerprint density at radius 1 is 1.55 bits per heavy atom. The number of rotatable bonds is 4. The predicted octanol–water partition coefficient (Wildman–Crippen LogP) is 1.99. The highest BCUT2D eigenvalue weighted by molar-refractivity contribution is 5.87. The molecule has 0 fully saturated rings. The van der Waals surface area contributed by atoms with Gasteiger partial charge >= 0.3 is 11.8 Å². The number of carboxylic acid groups (broad SMARTS) is 1. The zero-order chi connectivity index (χ0) is 14.9. The van der Waals surface area contributed by atoms with Crippen LogP contribution in [0, 0.1) is 22.9 Å². The van der Waals surface area contributed by atoms with Crippen molar-refractivity contribution in [3.8, 4) is 0 Å². The van der Waals surface area contributed by atoms with Crippen molar-refractivity contribution in [3.63, 3.8) is 0 Å². The van der Waals surface area contributed by atoms with Crippen molar-refractivity contribution >= 4 is 11.8 Å². The average molecular weight is 279 g/mol. The SMILES string of the molecule is Cc1cn(Cc2cc(C(=O)O)ccc2F)nc1[N+](=O)[O-]. The van der Waals surface area contributed by atoms with Crippen molar-refractivity contribution in [2.75, 3.05) is 0 Å². The van der Waals surface area contributed by atoms with E-state index in [4.69, 9.17) is 5.11 Å². The minimum atomic E-state index is -1.17. The van der Waals surface area contributed by atoms with Crippen molar-refractivity contribution in [1.82, 2.24) is 9.78 Å². The van der Waals surface area contributed by atoms with Crippen LogP contribution in [0.1, 0.15) is 21.5 Å². The van der Waals surface area contributed by atoms with Crippen LogP contribution in [0.2, 0.25) is 0 Å². The molecule has 104 valence electrons. The molecule has 1 aromatic carbocycles. The molecular weight excluding hydrogens is 269 g/mol. The van der Waals surface area contributed by atoms with E-state index in [9.17, 15) is 19.3 Å². The van der Waals surface area contributed by atoms with Gasteiger partial charge < -0.3 is 15.2 Å². The minimum absolute atomic E-state index is 0.0558. The lowest BCUT2D eigenvalue weighted by atomic mass is 10.1. The third-order valence-corrected chi connectivity index (χ3v) is 2.72. The molecule has 1 N–H and O–H groups in total. The summed E-state index contributed by atoms with van der Waals surface area (Å²) in [6.07, 6.45) is 1.41. The average Bonchev–Trinajstić information content (AvgIpc) is 2.73. The second kappa shape index (κ2) is 5.08. The molecule has 0 amide bonds. The Morgan fingerprint density at radius 3 is 2.80 bits per heavy atom. The summed E-state index contributed by atoms with van der Waals surface area (Å²) in [4.78, 5) is 20.9. The highest BCUT2D eigenvalue weighted by Gasteiger charge is 2.18. The summed E-state index contributed by atoms with van der Waals surface area (Å²) in [5.41, 5.74) is 0.395. The van der Waals surface area contributed by atoms with E-state index in [1.54, 1.807) is 0 Å². The van der Waals surface area contributed by atoms with E-state index in [0.717, 1.165) is 12.1 Å². The number of halogens is 1. The van der Waals surface area contributed by atoms with Gasteiger partial charge in [0.1, 0.15) is 5.82 Å². The molecule has 0 radical (unpaired) electrons. The summed E-state index contributed by atoms with van der Waals surface area (Å²) in [5, 5.41) is 23.3. The maximum atomic E-state index is 13.6. The molecule has 0 aliphatic rings. The molecule has 8 heteroatoms. The minimum Gasteiger partial charge on any atom is -0.478 e. The molecule has 0 saturated carbocycles. The fourth-order valence-electron chi connectivity index (χ4n) is 1.78. The molecule has 2 aromatic rings. The highest BCUT2D eigenvalue weighted by atomic mass is 19.1. The number of nitrogens with zero attached hydrogens (tertiary/aromatic N) is 3. The monoisotopic (exact) mass is 279 g/mol. The number of carbonyl (C=O) groups is 1. The van der Waals surface area contributed by atoms with Crippen molar-refractivity contribution < 1.29 is 19.2 Å². The van der Waals surface area contributed by atoms with Gasteiger partial charge in [-0.2, -0.15) is 4.68 Å². The topological polar surface area (TPSA) is 98.3 Å². The number of carboxylic acids is 1. The third kappa shape index (κ3) is 2.63. The largest absolute Gasteiger partial charge is 0.478 e. The highest BCUT2D eigenvalue weighted by Crippen LogP contribution is 2.17. The molecule has 0 spiro atoms. The lowest BCUT2D eigenvalue weighted by molar-refractivity contribution is -0.390. The number of aromatic carboxylic acids is 1. The smallest absolute Gasteiger partial charge is 0.392 e. The first-order chi connectivity index (χ1) is 9.38. The molecule has 1 heterocycles. The predicted molar refractivity (Wildman–Crippen MR) is 66.1 cm³/mol. The number of hydrogen-bond donors (Lipinski definition) is 1. The Morgan fingerprint density at radius 2 is 2.25 bits per heavy atom. The van der Waals surface area contributed by atoms with Crippen LogP contribution in [0.15, 0.2) is 24.4 Å². The Balaban J connectivity index is 2.34. The van der Waals surface area contributed by atoms with Gasteiger partial charge in [-0.1, -0.05) is 0 Å². The standard InChI is InChI=1S/C12H10FN3O4/c1-7-5-15(14-11(7)16(19)20)6-9-4-8(12(17)18)2-3-10(9)13/h2-5H,6H2,1H3,(H,17,18). The second-order valence-corrected chi connectivity index (χ2v) is 4.20. The van der Waals surface area contributed by atoms with E-state index in [-0.39, 0.29) is 23.5 Å². The Hall–Kier alpha value is -2.77. The van der Waals surface area contributed by atoms with E-state index >= 15 is 0 Å². The van der Waals surface area contributed by atoms with Crippen molar-refractivity contribution in [2.24, 2.45) is 0 Å². The summed E-state index contributed by atoms with van der Waals surface area (Å²) < 4.78 is 14.8.